The molecular weight excluding hydrogens is 1100 g/mol. The topological polar surface area (TPSA) is 332 Å². The molecule has 2 saturated heterocycles. The summed E-state index contributed by atoms with van der Waals surface area (Å²) in [4.78, 5) is 97.8. The fourth-order valence-corrected chi connectivity index (χ4v) is 10.8. The van der Waals surface area contributed by atoms with Crippen LogP contribution in [0.4, 0.5) is 5.69 Å². The molecule has 438 valence electrons. The fourth-order valence-electron chi connectivity index (χ4n) is 9.87. The highest BCUT2D eigenvalue weighted by molar-refractivity contribution is 7.85. The Morgan fingerprint density at radius 1 is 0.790 bits per heavy atom. The van der Waals surface area contributed by atoms with Gasteiger partial charge in [0.15, 0.2) is 5.69 Å². The summed E-state index contributed by atoms with van der Waals surface area (Å²) < 4.78 is 53.6. The lowest BCUT2D eigenvalue weighted by Crippen LogP contribution is -2.55. The molecule has 3 aliphatic rings. The van der Waals surface area contributed by atoms with Gasteiger partial charge < -0.3 is 50.4 Å². The van der Waals surface area contributed by atoms with E-state index in [0.717, 1.165) is 5.56 Å². The van der Waals surface area contributed by atoms with Crippen molar-refractivity contribution in [1.82, 2.24) is 44.9 Å². The maximum absolute atomic E-state index is 14.5. The zero-order valence-corrected chi connectivity index (χ0v) is 46.9. The lowest BCUT2D eigenvalue weighted by molar-refractivity contribution is -0.140. The van der Waals surface area contributed by atoms with Gasteiger partial charge in [0.05, 0.1) is 63.4 Å². The number of benzene rings is 3. The van der Waals surface area contributed by atoms with Gasteiger partial charge >= 0.3 is 17.9 Å². The third-order valence-corrected chi connectivity index (χ3v) is 14.8. The number of carboxylic acid groups (broad SMARTS) is 3. The summed E-state index contributed by atoms with van der Waals surface area (Å²) in [5.74, 6) is -6.46. The molecule has 28 heteroatoms. The van der Waals surface area contributed by atoms with E-state index < -0.39 is 82.7 Å². The van der Waals surface area contributed by atoms with E-state index in [-0.39, 0.29) is 90.1 Å². The molecule has 3 aromatic carbocycles. The first-order valence-corrected chi connectivity index (χ1v) is 28.0. The maximum atomic E-state index is 14.5. The highest BCUT2D eigenvalue weighted by Crippen LogP contribution is 2.47. The predicted octanol–water partition coefficient (Wildman–Crippen LogP) is 1.61. The van der Waals surface area contributed by atoms with E-state index >= 15 is 0 Å². The monoisotopic (exact) mass is 1170 g/mol. The van der Waals surface area contributed by atoms with Crippen molar-refractivity contribution < 1.29 is 76.1 Å². The van der Waals surface area contributed by atoms with Gasteiger partial charge in [-0.1, -0.05) is 23.7 Å². The van der Waals surface area contributed by atoms with Crippen molar-refractivity contribution in [3.8, 4) is 39.6 Å². The minimum absolute atomic E-state index is 0.0313. The zero-order valence-electron chi connectivity index (χ0n) is 45.3. The molecule has 0 spiro atoms. The van der Waals surface area contributed by atoms with Gasteiger partial charge in [-0.15, -0.1) is 0 Å². The number of carbonyl (C=O) groups is 7. The molecule has 1 atom stereocenters. The molecule has 4 amide bonds. The average molecular weight is 1170 g/mol. The number of halogens is 1. The second kappa shape index (κ2) is 27.0. The number of nitrogens with one attached hydrogen (secondary N) is 3. The van der Waals surface area contributed by atoms with E-state index in [9.17, 15) is 61.9 Å². The number of rotatable bonds is 20. The number of ether oxygens (including phenoxy) is 3. The van der Waals surface area contributed by atoms with Crippen molar-refractivity contribution in [2.75, 3.05) is 123 Å². The SMILES string of the molecule is COc1cc2c(cc1-c1cccc(NC(=O)CCNC(=O)[C@H](CS(=O)(=O)O)NC(=O)CN3CCN(CC(=O)O)CCN(CC(=O)O)CCN(CC(=O)O)CC3)c1)-c1c(c(C(=O)N3CCOCC3(C)C)nn1-c1cc(C)cc(Cl)c1)CO2. The molecule has 7 N–H and O–H groups in total. The van der Waals surface area contributed by atoms with Crippen LogP contribution >= 0.6 is 11.6 Å². The molecule has 4 heterocycles. The standard InChI is InChI=1S/C53H67ClN10O16S/c1-33-20-35(54)23-37(21-33)64-50-39-24-38(42(78-4)25-43(39)80-30-40(50)49(58-64)52(74)63-18-19-79-32-53(63,2)3)34-6-5-7-36(22-34)56-44(65)8-9-55-51(73)41(31-81(75,76)77)57-45(66)26-59-10-12-60(27-46(67)68)14-16-62(29-48(71)72)17-15-61(13-11-59)28-47(69)70/h5-7,20-25,41H,8-19,26-32H2,1-4H3,(H,55,73)(H,56,65)(H,57,66)(H,67,68)(H,69,70)(H,71,72)(H,75,76,77)/t41-/m0/s1. The summed E-state index contributed by atoms with van der Waals surface area (Å²) in [7, 11) is -3.36. The number of hydrogen-bond acceptors (Lipinski definition) is 17. The molecule has 0 bridgehead atoms. The van der Waals surface area contributed by atoms with Crippen LogP contribution in [0, 0.1) is 6.92 Å². The number of nitrogens with zero attached hydrogens (tertiary/aromatic N) is 7. The van der Waals surface area contributed by atoms with Crippen LogP contribution in [0.5, 0.6) is 11.5 Å². The average Bonchev–Trinajstić information content (AvgIpc) is 4.04. The maximum Gasteiger partial charge on any atom is 0.317 e. The minimum Gasteiger partial charge on any atom is -0.496 e. The molecule has 0 unspecified atom stereocenters. The quantitative estimate of drug-likeness (QED) is 0.0618. The van der Waals surface area contributed by atoms with Crippen molar-refractivity contribution in [3.63, 3.8) is 0 Å². The number of carboxylic acids is 3. The van der Waals surface area contributed by atoms with Gasteiger partial charge in [0.2, 0.25) is 17.7 Å². The van der Waals surface area contributed by atoms with Gasteiger partial charge in [0.1, 0.15) is 29.9 Å². The Morgan fingerprint density at radius 3 is 1.95 bits per heavy atom. The summed E-state index contributed by atoms with van der Waals surface area (Å²) in [6.45, 7) is 5.76. The molecule has 4 aromatic rings. The predicted molar refractivity (Wildman–Crippen MR) is 294 cm³/mol. The highest BCUT2D eigenvalue weighted by Gasteiger charge is 2.40. The molecule has 0 radical (unpaired) electrons. The Labute approximate surface area is 472 Å². The van der Waals surface area contributed by atoms with Gasteiger partial charge in [0, 0.05) is 105 Å². The van der Waals surface area contributed by atoms with E-state index in [1.807, 2.05) is 45.0 Å². The number of amides is 4. The zero-order chi connectivity index (χ0) is 58.8. The van der Waals surface area contributed by atoms with Gasteiger partial charge in [-0.25, -0.2) is 4.68 Å². The van der Waals surface area contributed by atoms with Gasteiger partial charge in [-0.3, -0.25) is 57.7 Å². The van der Waals surface area contributed by atoms with Crippen molar-refractivity contribution in [3.05, 3.63) is 76.4 Å². The van der Waals surface area contributed by atoms with Crippen LogP contribution in [0.3, 0.4) is 0 Å². The van der Waals surface area contributed by atoms with Crippen LogP contribution < -0.4 is 25.4 Å². The number of aryl methyl sites for hydroxylation is 1. The van der Waals surface area contributed by atoms with Crippen LogP contribution in [0.1, 0.15) is 41.9 Å². The summed E-state index contributed by atoms with van der Waals surface area (Å²) in [6.07, 6.45) is -0.317. The Kier molecular flexibility index (Phi) is 20.5. The number of methoxy groups -OCH3 is 1. The Bertz CT molecular complexity index is 3090. The number of aliphatic carboxylic acids is 3. The van der Waals surface area contributed by atoms with Gasteiger partial charge in [-0.2, -0.15) is 13.5 Å². The molecule has 7 rings (SSSR count). The molecule has 1 aromatic heterocycles. The van der Waals surface area contributed by atoms with Crippen LogP contribution in [-0.4, -0.2) is 233 Å². The lowest BCUT2D eigenvalue weighted by atomic mass is 9.95. The summed E-state index contributed by atoms with van der Waals surface area (Å²) in [6, 6.07) is 14.1. The lowest BCUT2D eigenvalue weighted by Gasteiger charge is -2.41. The second-order valence-electron chi connectivity index (χ2n) is 20.6. The molecule has 0 saturated carbocycles. The molecule has 0 aliphatic carbocycles. The third-order valence-electron chi connectivity index (χ3n) is 13.8. The Balaban J connectivity index is 1.04. The smallest absolute Gasteiger partial charge is 0.317 e. The second-order valence-corrected chi connectivity index (χ2v) is 22.5. The highest BCUT2D eigenvalue weighted by atomic mass is 35.5. The molecular formula is C53H67ClN10O16S. The van der Waals surface area contributed by atoms with Crippen LogP contribution in [0.2, 0.25) is 5.02 Å². The Hall–Kier alpha value is -7.24. The van der Waals surface area contributed by atoms with Crippen LogP contribution in [-0.2, 0) is 50.2 Å². The molecule has 2 fully saturated rings. The number of anilines is 1. The fraction of sp³-hybridized carbons (Fsp3) is 0.472. The van der Waals surface area contributed by atoms with Crippen molar-refractivity contribution in [2.45, 2.75) is 45.4 Å². The molecule has 26 nitrogen and oxygen atoms in total. The van der Waals surface area contributed by atoms with Crippen LogP contribution in [0.25, 0.3) is 28.1 Å². The first kappa shape index (κ1) is 61.4. The van der Waals surface area contributed by atoms with Gasteiger partial charge in [-0.05, 0) is 68.3 Å². The van der Waals surface area contributed by atoms with Crippen molar-refractivity contribution in [1.29, 1.82) is 0 Å². The van der Waals surface area contributed by atoms with Crippen molar-refractivity contribution in [2.24, 2.45) is 0 Å². The largest absolute Gasteiger partial charge is 0.496 e. The third kappa shape index (κ3) is 16.9. The van der Waals surface area contributed by atoms with E-state index in [0.29, 0.717) is 75.6 Å². The van der Waals surface area contributed by atoms with E-state index in [1.165, 1.54) is 7.11 Å². The number of aromatic nitrogens is 2. The first-order chi connectivity index (χ1) is 38.4. The van der Waals surface area contributed by atoms with Crippen molar-refractivity contribution >= 4 is 68.9 Å². The summed E-state index contributed by atoms with van der Waals surface area (Å²) in [5, 5.41) is 41.6. The minimum atomic E-state index is -4.86. The number of hydrogen-bond donors (Lipinski definition) is 7. The summed E-state index contributed by atoms with van der Waals surface area (Å²) >= 11 is 6.59. The Morgan fingerprint density at radius 2 is 1.40 bits per heavy atom. The van der Waals surface area contributed by atoms with Gasteiger partial charge in [0.25, 0.3) is 16.0 Å². The van der Waals surface area contributed by atoms with E-state index in [4.69, 9.17) is 30.9 Å². The number of carbonyl (C=O) groups excluding carboxylic acids is 4. The first-order valence-electron chi connectivity index (χ1n) is 26.0. The summed E-state index contributed by atoms with van der Waals surface area (Å²) in [5.41, 5.74) is 4.44. The normalized spacial score (nSPS) is 17.0. The van der Waals surface area contributed by atoms with E-state index in [2.05, 4.69) is 16.0 Å². The molecule has 81 heavy (non-hydrogen) atoms. The van der Waals surface area contributed by atoms with Crippen LogP contribution in [0.15, 0.2) is 54.6 Å². The number of morpholine rings is 1. The molecule has 3 aliphatic heterocycles. The van der Waals surface area contributed by atoms with E-state index in [1.54, 1.807) is 59.5 Å². The number of fused-ring (bicyclic) bond motifs is 3.